The molecule has 2 heterocycles. The molecule has 2 aromatic carbocycles. The average molecular weight is 420 g/mol. The van der Waals surface area contributed by atoms with Crippen LogP contribution in [0, 0.1) is 6.92 Å². The number of aryl methyl sites for hydroxylation is 1. The van der Waals surface area contributed by atoms with Crippen molar-refractivity contribution < 1.29 is 9.90 Å². The second-order valence-electron chi connectivity index (χ2n) is 6.67. The Morgan fingerprint density at radius 1 is 1.17 bits per heavy atom. The van der Waals surface area contributed by atoms with E-state index in [1.54, 1.807) is 6.07 Å². The van der Waals surface area contributed by atoms with Crippen LogP contribution in [0.4, 0.5) is 5.69 Å². The monoisotopic (exact) mass is 420 g/mol. The molecule has 0 bridgehead atoms. The lowest BCUT2D eigenvalue weighted by atomic mass is 10.1. The first-order valence-electron chi connectivity index (χ1n) is 9.44. The molecule has 1 amide bonds. The quantitative estimate of drug-likeness (QED) is 0.342. The molecule has 2 aromatic heterocycles. The first kappa shape index (κ1) is 19.8. The molecule has 2 N–H and O–H groups in total. The summed E-state index contributed by atoms with van der Waals surface area (Å²) in [4.78, 5) is 15.1. The molecule has 0 radical (unpaired) electrons. The molecule has 9 heteroatoms. The zero-order valence-corrected chi connectivity index (χ0v) is 17.3. The fourth-order valence-electron chi connectivity index (χ4n) is 3.07. The van der Waals surface area contributed by atoms with Crippen LogP contribution in [0.1, 0.15) is 12.5 Å². The van der Waals surface area contributed by atoms with Gasteiger partial charge in [-0.3, -0.25) is 4.79 Å². The molecule has 0 fully saturated rings. The highest BCUT2D eigenvalue weighted by Crippen LogP contribution is 2.35. The molecule has 0 aliphatic heterocycles. The van der Waals surface area contributed by atoms with Crippen molar-refractivity contribution in [2.45, 2.75) is 25.5 Å². The fraction of sp³-hybridized carbons (Fsp3) is 0.190. The minimum atomic E-state index is -0.424. The predicted octanol–water partition coefficient (Wildman–Crippen LogP) is 4.86. The van der Waals surface area contributed by atoms with Crippen molar-refractivity contribution in [1.29, 1.82) is 0 Å². The third-order valence-corrected chi connectivity index (χ3v) is 5.54. The minimum Gasteiger partial charge on any atom is -0.493 e. The highest BCUT2D eigenvalue weighted by atomic mass is 32.2. The van der Waals surface area contributed by atoms with Crippen molar-refractivity contribution in [3.8, 4) is 17.3 Å². The van der Waals surface area contributed by atoms with Crippen LogP contribution in [0.2, 0.25) is 0 Å². The maximum absolute atomic E-state index is 12.2. The Morgan fingerprint density at radius 3 is 2.70 bits per heavy atom. The average Bonchev–Trinajstić information content (AvgIpc) is 3.31. The standard InChI is InChI=1S/C21H20N6O2S/c1-3-27-19(14-10-8-13(2)9-11-14)25-26-21(27)30-12-17(28)23-24-18-15-6-4-5-7-16(15)22-20(18)29/h4-11,22,29H,3,12H2,1-2H3. The van der Waals surface area contributed by atoms with Crippen LogP contribution in [0.5, 0.6) is 5.88 Å². The molecule has 0 atom stereocenters. The lowest BCUT2D eigenvalue weighted by Gasteiger charge is -2.06. The molecule has 0 saturated carbocycles. The summed E-state index contributed by atoms with van der Waals surface area (Å²) in [6.07, 6.45) is 0. The van der Waals surface area contributed by atoms with Gasteiger partial charge in [0.25, 0.3) is 5.91 Å². The Bertz CT molecular complexity index is 1230. The summed E-state index contributed by atoms with van der Waals surface area (Å²) < 4.78 is 1.96. The van der Waals surface area contributed by atoms with Crippen LogP contribution < -0.4 is 0 Å². The van der Waals surface area contributed by atoms with Crippen LogP contribution >= 0.6 is 11.8 Å². The van der Waals surface area contributed by atoms with Gasteiger partial charge in [-0.05, 0) is 19.9 Å². The smallest absolute Gasteiger partial charge is 0.275 e. The molecule has 0 saturated heterocycles. The van der Waals surface area contributed by atoms with Gasteiger partial charge in [0.1, 0.15) is 0 Å². The van der Waals surface area contributed by atoms with Crippen molar-refractivity contribution in [2.24, 2.45) is 10.2 Å². The number of carbonyl (C=O) groups excluding carboxylic acids is 1. The Kier molecular flexibility index (Phi) is 5.62. The van der Waals surface area contributed by atoms with E-state index in [1.165, 1.54) is 17.3 Å². The number of benzene rings is 2. The van der Waals surface area contributed by atoms with Crippen molar-refractivity contribution in [3.63, 3.8) is 0 Å². The summed E-state index contributed by atoms with van der Waals surface area (Å²) in [6.45, 7) is 4.72. The van der Waals surface area contributed by atoms with E-state index in [-0.39, 0.29) is 17.3 Å². The van der Waals surface area contributed by atoms with Gasteiger partial charge < -0.3 is 14.7 Å². The highest BCUT2D eigenvalue weighted by Gasteiger charge is 2.15. The van der Waals surface area contributed by atoms with Gasteiger partial charge >= 0.3 is 0 Å². The molecular weight excluding hydrogens is 400 g/mol. The van der Waals surface area contributed by atoms with Gasteiger partial charge in [-0.2, -0.15) is 0 Å². The molecular formula is C21H20N6O2S. The van der Waals surface area contributed by atoms with E-state index < -0.39 is 5.91 Å². The maximum Gasteiger partial charge on any atom is 0.275 e. The number of hydrogen-bond acceptors (Lipinski definition) is 6. The number of aromatic hydroxyl groups is 1. The number of nitrogens with one attached hydrogen (secondary N) is 1. The number of azo groups is 1. The number of aromatic amines is 1. The van der Waals surface area contributed by atoms with Crippen molar-refractivity contribution in [3.05, 3.63) is 54.1 Å². The van der Waals surface area contributed by atoms with E-state index in [9.17, 15) is 9.90 Å². The SMILES string of the molecule is CCn1c(SCC(=O)N=Nc2c(O)[nH]c3ccccc23)nnc1-c1ccc(C)cc1. The van der Waals surface area contributed by atoms with E-state index in [0.29, 0.717) is 17.1 Å². The summed E-state index contributed by atoms with van der Waals surface area (Å²) in [5.74, 6) is 0.289. The van der Waals surface area contributed by atoms with Crippen molar-refractivity contribution in [2.75, 3.05) is 5.75 Å². The number of thioether (sulfide) groups is 1. The van der Waals surface area contributed by atoms with E-state index >= 15 is 0 Å². The molecule has 4 aromatic rings. The molecule has 152 valence electrons. The number of para-hydroxylation sites is 1. The number of hydrogen-bond donors (Lipinski definition) is 2. The second kappa shape index (κ2) is 8.50. The third kappa shape index (κ3) is 3.97. The van der Waals surface area contributed by atoms with Gasteiger partial charge in [0.15, 0.2) is 16.7 Å². The van der Waals surface area contributed by atoms with Crippen LogP contribution in [-0.2, 0) is 11.3 Å². The first-order chi connectivity index (χ1) is 14.6. The van der Waals surface area contributed by atoms with E-state index in [1.807, 2.05) is 60.9 Å². The lowest BCUT2D eigenvalue weighted by Crippen LogP contribution is -2.02. The molecule has 0 unspecified atom stereocenters. The van der Waals surface area contributed by atoms with Gasteiger partial charge in [-0.1, -0.05) is 59.8 Å². The van der Waals surface area contributed by atoms with E-state index in [2.05, 4.69) is 25.4 Å². The lowest BCUT2D eigenvalue weighted by molar-refractivity contribution is -0.115. The number of H-pyrrole nitrogens is 1. The molecule has 0 spiro atoms. The number of amides is 1. The molecule has 8 nitrogen and oxygen atoms in total. The number of nitrogens with zero attached hydrogens (tertiary/aromatic N) is 5. The Hall–Kier alpha value is -3.46. The van der Waals surface area contributed by atoms with Gasteiger partial charge in [-0.15, -0.1) is 20.4 Å². The van der Waals surface area contributed by atoms with Gasteiger partial charge in [0.2, 0.25) is 5.88 Å². The van der Waals surface area contributed by atoms with E-state index in [4.69, 9.17) is 0 Å². The van der Waals surface area contributed by atoms with E-state index in [0.717, 1.165) is 16.9 Å². The zero-order valence-electron chi connectivity index (χ0n) is 16.5. The third-order valence-electron chi connectivity index (χ3n) is 4.59. The molecule has 0 aliphatic carbocycles. The normalized spacial score (nSPS) is 11.5. The van der Waals surface area contributed by atoms with Gasteiger partial charge in [0.05, 0.1) is 11.3 Å². The molecule has 4 rings (SSSR count). The maximum atomic E-state index is 12.2. The number of carbonyl (C=O) groups is 1. The largest absolute Gasteiger partial charge is 0.493 e. The molecule has 0 aliphatic rings. The van der Waals surface area contributed by atoms with Crippen LogP contribution in [0.25, 0.3) is 22.3 Å². The number of fused-ring (bicyclic) bond motifs is 1. The first-order valence-corrected chi connectivity index (χ1v) is 10.4. The van der Waals surface area contributed by atoms with Crippen molar-refractivity contribution in [1.82, 2.24) is 19.7 Å². The summed E-state index contributed by atoms with van der Waals surface area (Å²) in [7, 11) is 0. The van der Waals surface area contributed by atoms with Crippen LogP contribution in [0.3, 0.4) is 0 Å². The zero-order chi connectivity index (χ0) is 21.1. The summed E-state index contributed by atoms with van der Waals surface area (Å²) >= 11 is 1.26. The van der Waals surface area contributed by atoms with Crippen LogP contribution in [-0.4, -0.2) is 36.5 Å². The fourth-order valence-corrected chi connectivity index (χ4v) is 3.85. The predicted molar refractivity (Wildman–Crippen MR) is 116 cm³/mol. The second-order valence-corrected chi connectivity index (χ2v) is 7.61. The van der Waals surface area contributed by atoms with Gasteiger partial charge in [-0.25, -0.2) is 0 Å². The Labute approximate surface area is 177 Å². The minimum absolute atomic E-state index is 0.0681. The Balaban J connectivity index is 1.47. The van der Waals surface area contributed by atoms with Crippen LogP contribution in [0.15, 0.2) is 63.9 Å². The topological polar surface area (TPSA) is 109 Å². The molecule has 30 heavy (non-hydrogen) atoms. The summed E-state index contributed by atoms with van der Waals surface area (Å²) in [5.41, 5.74) is 3.13. The number of rotatable bonds is 6. The van der Waals surface area contributed by atoms with Crippen molar-refractivity contribution >= 4 is 34.3 Å². The summed E-state index contributed by atoms with van der Waals surface area (Å²) in [6, 6.07) is 15.4. The van der Waals surface area contributed by atoms with Gasteiger partial charge in [0, 0.05) is 17.5 Å². The number of aromatic nitrogens is 4. The summed E-state index contributed by atoms with van der Waals surface area (Å²) in [5, 5.41) is 27.6. The highest BCUT2D eigenvalue weighted by molar-refractivity contribution is 7.99. The Morgan fingerprint density at radius 2 is 1.93 bits per heavy atom.